The molecule has 0 fully saturated rings. The van der Waals surface area contributed by atoms with Crippen molar-refractivity contribution in [1.29, 1.82) is 0 Å². The number of nitro benzene ring substituents is 1. The van der Waals surface area contributed by atoms with Crippen molar-refractivity contribution in [3.05, 3.63) is 62.4 Å². The molecule has 0 atom stereocenters. The average Bonchev–Trinajstić information content (AvgIpc) is 2.46. The minimum atomic E-state index is -0.432. The molecule has 1 aromatic heterocycles. The van der Waals surface area contributed by atoms with E-state index in [4.69, 9.17) is 16.3 Å². The highest BCUT2D eigenvalue weighted by atomic mass is 79.9. The number of rotatable bonds is 5. The summed E-state index contributed by atoms with van der Waals surface area (Å²) in [5.74, 6) is 0.870. The Kier molecular flexibility index (Phi) is 4.92. The van der Waals surface area contributed by atoms with E-state index in [1.807, 2.05) is 0 Å². The molecule has 0 unspecified atom stereocenters. The van der Waals surface area contributed by atoms with Crippen molar-refractivity contribution >= 4 is 33.2 Å². The predicted octanol–water partition coefficient (Wildman–Crippen LogP) is 4.07. The smallest absolute Gasteiger partial charge is 0.277 e. The molecule has 0 saturated heterocycles. The van der Waals surface area contributed by atoms with Crippen LogP contribution >= 0.6 is 27.5 Å². The van der Waals surface area contributed by atoms with Crippen LogP contribution in [0.5, 0.6) is 5.75 Å². The van der Waals surface area contributed by atoms with E-state index in [0.717, 1.165) is 5.69 Å². The summed E-state index contributed by atoms with van der Waals surface area (Å²) in [7, 11) is 0. The number of aromatic nitrogens is 1. The van der Waals surface area contributed by atoms with Gasteiger partial charge in [-0.3, -0.25) is 15.1 Å². The van der Waals surface area contributed by atoms with Gasteiger partial charge in [0.05, 0.1) is 28.3 Å². The van der Waals surface area contributed by atoms with Gasteiger partial charge in [-0.15, -0.1) is 11.6 Å². The SMILES string of the molecule is O=[N+]([O-])c1cc(Br)ccc1COc1ccc(CCl)nc1. The first-order chi connectivity index (χ1) is 9.60. The van der Waals surface area contributed by atoms with Gasteiger partial charge in [0, 0.05) is 10.5 Å². The average molecular weight is 358 g/mol. The van der Waals surface area contributed by atoms with E-state index in [1.165, 1.54) is 6.07 Å². The Bertz CT molecular complexity index is 620. The van der Waals surface area contributed by atoms with Crippen LogP contribution in [0.25, 0.3) is 0 Å². The number of halogens is 2. The van der Waals surface area contributed by atoms with Crippen molar-refractivity contribution < 1.29 is 9.66 Å². The van der Waals surface area contributed by atoms with Gasteiger partial charge in [0.15, 0.2) is 0 Å². The van der Waals surface area contributed by atoms with E-state index >= 15 is 0 Å². The summed E-state index contributed by atoms with van der Waals surface area (Å²) >= 11 is 8.85. The molecule has 1 heterocycles. The third-order valence-electron chi connectivity index (χ3n) is 2.57. The molecular formula is C13H10BrClN2O3. The van der Waals surface area contributed by atoms with Crippen molar-refractivity contribution in [3.63, 3.8) is 0 Å². The molecule has 0 spiro atoms. The Hall–Kier alpha value is -1.66. The van der Waals surface area contributed by atoms with Crippen LogP contribution in [-0.2, 0) is 12.5 Å². The van der Waals surface area contributed by atoms with Gasteiger partial charge in [-0.25, -0.2) is 0 Å². The number of benzene rings is 1. The minimum absolute atomic E-state index is 0.0183. The largest absolute Gasteiger partial charge is 0.487 e. The van der Waals surface area contributed by atoms with Gasteiger partial charge in [-0.1, -0.05) is 15.9 Å². The highest BCUT2D eigenvalue weighted by molar-refractivity contribution is 9.10. The second-order valence-electron chi connectivity index (χ2n) is 3.94. The van der Waals surface area contributed by atoms with Crippen LogP contribution in [0.4, 0.5) is 5.69 Å². The van der Waals surface area contributed by atoms with Gasteiger partial charge in [-0.05, 0) is 24.3 Å². The highest BCUT2D eigenvalue weighted by Gasteiger charge is 2.14. The monoisotopic (exact) mass is 356 g/mol. The van der Waals surface area contributed by atoms with Crippen LogP contribution < -0.4 is 4.74 Å². The summed E-state index contributed by atoms with van der Waals surface area (Å²) in [6.07, 6.45) is 1.54. The number of pyridine rings is 1. The third kappa shape index (κ3) is 3.68. The molecule has 0 saturated carbocycles. The number of ether oxygens (including phenoxy) is 1. The number of hydrogen-bond acceptors (Lipinski definition) is 4. The Balaban J connectivity index is 2.12. The molecule has 0 aliphatic carbocycles. The van der Waals surface area contributed by atoms with E-state index in [2.05, 4.69) is 20.9 Å². The lowest BCUT2D eigenvalue weighted by atomic mass is 10.2. The molecule has 2 aromatic rings. The zero-order valence-electron chi connectivity index (χ0n) is 10.3. The van der Waals surface area contributed by atoms with Gasteiger partial charge in [-0.2, -0.15) is 0 Å². The Morgan fingerprint density at radius 3 is 2.75 bits per heavy atom. The van der Waals surface area contributed by atoms with Crippen LogP contribution in [0.15, 0.2) is 41.0 Å². The Labute approximate surface area is 128 Å². The summed E-state index contributed by atoms with van der Waals surface area (Å²) in [6.45, 7) is 0.103. The van der Waals surface area contributed by atoms with Crippen LogP contribution in [0, 0.1) is 10.1 Å². The fourth-order valence-corrected chi connectivity index (χ4v) is 2.07. The van der Waals surface area contributed by atoms with Crippen LogP contribution in [-0.4, -0.2) is 9.91 Å². The molecule has 104 valence electrons. The molecular weight excluding hydrogens is 348 g/mol. The fourth-order valence-electron chi connectivity index (χ4n) is 1.57. The van der Waals surface area contributed by atoms with Gasteiger partial charge < -0.3 is 4.74 Å². The second-order valence-corrected chi connectivity index (χ2v) is 5.12. The van der Waals surface area contributed by atoms with Crippen molar-refractivity contribution in [3.8, 4) is 5.75 Å². The maximum Gasteiger partial charge on any atom is 0.277 e. The van der Waals surface area contributed by atoms with E-state index in [-0.39, 0.29) is 12.3 Å². The standard InChI is InChI=1S/C13H10BrClN2O3/c14-10-2-1-9(13(5-10)17(18)19)8-20-12-4-3-11(6-15)16-7-12/h1-5,7H,6,8H2. The normalized spacial score (nSPS) is 10.3. The van der Waals surface area contributed by atoms with E-state index in [9.17, 15) is 10.1 Å². The van der Waals surface area contributed by atoms with Crippen LogP contribution in [0.2, 0.25) is 0 Å². The number of nitro groups is 1. The summed E-state index contributed by atoms with van der Waals surface area (Å²) in [6, 6.07) is 8.32. The first kappa shape index (κ1) is 14.7. The molecule has 0 aliphatic rings. The molecule has 0 N–H and O–H groups in total. The summed E-state index contributed by atoms with van der Waals surface area (Å²) in [5, 5.41) is 11.0. The van der Waals surface area contributed by atoms with Crippen LogP contribution in [0.3, 0.4) is 0 Å². The van der Waals surface area contributed by atoms with E-state index in [1.54, 1.807) is 30.5 Å². The lowest BCUT2D eigenvalue weighted by Gasteiger charge is -2.07. The molecule has 1 aromatic carbocycles. The summed E-state index contributed by atoms with van der Waals surface area (Å²) in [4.78, 5) is 14.6. The quantitative estimate of drug-likeness (QED) is 0.459. The van der Waals surface area contributed by atoms with Crippen molar-refractivity contribution in [2.45, 2.75) is 12.5 Å². The maximum absolute atomic E-state index is 11.0. The molecule has 7 heteroatoms. The summed E-state index contributed by atoms with van der Waals surface area (Å²) in [5.41, 5.74) is 1.26. The number of hydrogen-bond donors (Lipinski definition) is 0. The first-order valence-electron chi connectivity index (χ1n) is 5.66. The van der Waals surface area contributed by atoms with Crippen molar-refractivity contribution in [2.75, 3.05) is 0 Å². The summed E-state index contributed by atoms with van der Waals surface area (Å²) < 4.78 is 6.15. The van der Waals surface area contributed by atoms with Gasteiger partial charge in [0.2, 0.25) is 0 Å². The van der Waals surface area contributed by atoms with Gasteiger partial charge in [0.1, 0.15) is 12.4 Å². The van der Waals surface area contributed by atoms with Crippen molar-refractivity contribution in [1.82, 2.24) is 4.98 Å². The zero-order chi connectivity index (χ0) is 14.5. The molecule has 5 nitrogen and oxygen atoms in total. The van der Waals surface area contributed by atoms with E-state index in [0.29, 0.717) is 21.7 Å². The molecule has 2 rings (SSSR count). The predicted molar refractivity (Wildman–Crippen MR) is 78.9 cm³/mol. The topological polar surface area (TPSA) is 65.3 Å². The molecule has 0 aliphatic heterocycles. The first-order valence-corrected chi connectivity index (χ1v) is 6.99. The van der Waals surface area contributed by atoms with Crippen molar-refractivity contribution in [2.24, 2.45) is 0 Å². The third-order valence-corrected chi connectivity index (χ3v) is 3.34. The minimum Gasteiger partial charge on any atom is -0.487 e. The van der Waals surface area contributed by atoms with Gasteiger partial charge >= 0.3 is 0 Å². The molecule has 20 heavy (non-hydrogen) atoms. The Morgan fingerprint density at radius 1 is 1.35 bits per heavy atom. The fraction of sp³-hybridized carbons (Fsp3) is 0.154. The number of alkyl halides is 1. The highest BCUT2D eigenvalue weighted by Crippen LogP contribution is 2.24. The zero-order valence-corrected chi connectivity index (χ0v) is 12.6. The van der Waals surface area contributed by atoms with Crippen LogP contribution in [0.1, 0.15) is 11.3 Å². The Morgan fingerprint density at radius 2 is 2.15 bits per heavy atom. The number of nitrogens with zero attached hydrogens (tertiary/aromatic N) is 2. The van der Waals surface area contributed by atoms with Gasteiger partial charge in [0.25, 0.3) is 5.69 Å². The molecule has 0 bridgehead atoms. The maximum atomic E-state index is 11.0. The second kappa shape index (κ2) is 6.67. The van der Waals surface area contributed by atoms with E-state index < -0.39 is 4.92 Å². The lowest BCUT2D eigenvalue weighted by molar-refractivity contribution is -0.385. The lowest BCUT2D eigenvalue weighted by Crippen LogP contribution is -2.01. The molecule has 0 radical (unpaired) electrons. The molecule has 0 amide bonds.